The number of carbonyl (C=O) groups is 3. The van der Waals surface area contributed by atoms with E-state index in [2.05, 4.69) is 5.32 Å². The van der Waals surface area contributed by atoms with Crippen LogP contribution in [0.2, 0.25) is 0 Å². The molecule has 1 aromatic carbocycles. The standard InChI is InChI=1S/C23H25N3O3/c1-22(18-4-2-14(12-24)3-5-18)20(28)26(21(29)25-22)13-19(27)23-9-15-6-16(10-23)8-17(7-15)11-23/h2-5,15-17H,6-11,13H2,1H3,(H,25,29)/t15?,16?,17?,22-,23?/m0/s1. The van der Waals surface area contributed by atoms with Crippen LogP contribution >= 0.6 is 0 Å². The Bertz CT molecular complexity index is 910. The zero-order valence-corrected chi connectivity index (χ0v) is 16.6. The van der Waals surface area contributed by atoms with Crippen LogP contribution in [0.4, 0.5) is 4.79 Å². The second-order valence-electron chi connectivity index (χ2n) is 9.76. The van der Waals surface area contributed by atoms with Crippen molar-refractivity contribution in [1.82, 2.24) is 10.2 Å². The first-order chi connectivity index (χ1) is 13.8. The Morgan fingerprint density at radius 3 is 2.17 bits per heavy atom. The molecule has 6 heteroatoms. The molecule has 1 N–H and O–H groups in total. The van der Waals surface area contributed by atoms with Gasteiger partial charge in [-0.3, -0.25) is 14.5 Å². The molecule has 1 atom stereocenters. The third-order valence-corrected chi connectivity index (χ3v) is 7.80. The minimum Gasteiger partial charge on any atom is -0.319 e. The molecule has 4 bridgehead atoms. The predicted molar refractivity (Wildman–Crippen MR) is 104 cm³/mol. The van der Waals surface area contributed by atoms with Gasteiger partial charge in [-0.25, -0.2) is 4.79 Å². The average Bonchev–Trinajstić information content (AvgIpc) is 2.91. The van der Waals surface area contributed by atoms with Crippen molar-refractivity contribution in [3.05, 3.63) is 35.4 Å². The van der Waals surface area contributed by atoms with Crippen LogP contribution in [0, 0.1) is 34.5 Å². The molecule has 6 rings (SSSR count). The maximum absolute atomic E-state index is 13.4. The minimum absolute atomic E-state index is 0.0594. The maximum Gasteiger partial charge on any atom is 0.325 e. The second-order valence-corrected chi connectivity index (χ2v) is 9.76. The number of ketones is 1. The number of nitrogens with zero attached hydrogens (tertiary/aromatic N) is 2. The van der Waals surface area contributed by atoms with Crippen molar-refractivity contribution in [2.24, 2.45) is 23.2 Å². The molecule has 4 saturated carbocycles. The molecule has 5 aliphatic rings. The number of nitriles is 1. The third-order valence-electron chi connectivity index (χ3n) is 7.80. The highest BCUT2D eigenvalue weighted by molar-refractivity contribution is 6.09. The lowest BCUT2D eigenvalue weighted by molar-refractivity contribution is -0.147. The summed E-state index contributed by atoms with van der Waals surface area (Å²) in [6.45, 7) is 1.52. The van der Waals surface area contributed by atoms with Crippen molar-refractivity contribution >= 4 is 17.7 Å². The molecule has 3 amide bonds. The van der Waals surface area contributed by atoms with Crippen LogP contribution in [0.15, 0.2) is 24.3 Å². The summed E-state index contributed by atoms with van der Waals surface area (Å²) in [5.74, 6) is 1.57. The van der Waals surface area contributed by atoms with Crippen molar-refractivity contribution in [1.29, 1.82) is 5.26 Å². The van der Waals surface area contributed by atoms with Gasteiger partial charge in [-0.15, -0.1) is 0 Å². The lowest BCUT2D eigenvalue weighted by Crippen LogP contribution is -2.53. The maximum atomic E-state index is 13.4. The van der Waals surface area contributed by atoms with Crippen molar-refractivity contribution in [2.75, 3.05) is 6.54 Å². The molecule has 0 radical (unpaired) electrons. The largest absolute Gasteiger partial charge is 0.325 e. The van der Waals surface area contributed by atoms with E-state index in [9.17, 15) is 14.4 Å². The fourth-order valence-electron chi connectivity index (χ4n) is 6.68. The minimum atomic E-state index is -1.22. The van der Waals surface area contributed by atoms with Crippen LogP contribution in [0.25, 0.3) is 0 Å². The van der Waals surface area contributed by atoms with Gasteiger partial charge in [0.1, 0.15) is 5.54 Å². The van der Waals surface area contributed by atoms with E-state index in [1.165, 1.54) is 19.3 Å². The number of amides is 3. The Labute approximate surface area is 170 Å². The Morgan fingerprint density at radius 1 is 1.10 bits per heavy atom. The van der Waals surface area contributed by atoms with Crippen molar-refractivity contribution in [3.63, 3.8) is 0 Å². The van der Waals surface area contributed by atoms with Crippen LogP contribution < -0.4 is 5.32 Å². The van der Waals surface area contributed by atoms with E-state index in [1.54, 1.807) is 31.2 Å². The molecule has 1 aromatic rings. The van der Waals surface area contributed by atoms with Gasteiger partial charge in [0.05, 0.1) is 18.2 Å². The van der Waals surface area contributed by atoms with Crippen LogP contribution in [0.3, 0.4) is 0 Å². The van der Waals surface area contributed by atoms with Gasteiger partial charge < -0.3 is 5.32 Å². The lowest BCUT2D eigenvalue weighted by atomic mass is 9.48. The van der Waals surface area contributed by atoms with Crippen molar-refractivity contribution < 1.29 is 14.4 Å². The monoisotopic (exact) mass is 391 g/mol. The molecule has 5 fully saturated rings. The lowest BCUT2D eigenvalue weighted by Gasteiger charge is -2.56. The number of benzene rings is 1. The van der Waals surface area contributed by atoms with Gasteiger partial charge in [-0.2, -0.15) is 5.26 Å². The van der Waals surface area contributed by atoms with E-state index < -0.39 is 17.5 Å². The average molecular weight is 391 g/mol. The van der Waals surface area contributed by atoms with Crippen molar-refractivity contribution in [2.45, 2.75) is 51.0 Å². The highest BCUT2D eigenvalue weighted by Gasteiger charge is 2.56. The molecule has 0 aromatic heterocycles. The van der Waals surface area contributed by atoms with E-state index in [0.717, 1.165) is 24.2 Å². The summed E-state index contributed by atoms with van der Waals surface area (Å²) in [6, 6.07) is 8.15. The number of hydrogen-bond acceptors (Lipinski definition) is 4. The van der Waals surface area contributed by atoms with Gasteiger partial charge in [-0.05, 0) is 80.9 Å². The second kappa shape index (κ2) is 6.16. The van der Waals surface area contributed by atoms with Gasteiger partial charge in [-0.1, -0.05) is 12.1 Å². The first kappa shape index (κ1) is 18.4. The van der Waals surface area contributed by atoms with Crippen LogP contribution in [-0.4, -0.2) is 29.2 Å². The number of carbonyl (C=O) groups excluding carboxylic acids is 3. The zero-order chi connectivity index (χ0) is 20.4. The normalized spacial score (nSPS) is 37.5. The van der Waals surface area contributed by atoms with Gasteiger partial charge in [0, 0.05) is 5.41 Å². The Balaban J connectivity index is 1.36. The summed E-state index contributed by atoms with van der Waals surface area (Å²) in [6.07, 6.45) is 6.50. The smallest absolute Gasteiger partial charge is 0.319 e. The Kier molecular flexibility index (Phi) is 3.90. The molecule has 29 heavy (non-hydrogen) atoms. The van der Waals surface area contributed by atoms with E-state index >= 15 is 0 Å². The van der Waals surface area contributed by atoms with Gasteiger partial charge >= 0.3 is 6.03 Å². The molecule has 4 aliphatic carbocycles. The number of hydrogen-bond donors (Lipinski definition) is 1. The molecule has 1 aliphatic heterocycles. The number of urea groups is 1. The van der Waals surface area contributed by atoms with Gasteiger partial charge in [0.2, 0.25) is 0 Å². The molecule has 1 heterocycles. The highest BCUT2D eigenvalue weighted by Crippen LogP contribution is 2.60. The summed E-state index contributed by atoms with van der Waals surface area (Å²) >= 11 is 0. The van der Waals surface area contributed by atoms with Crippen LogP contribution in [0.1, 0.15) is 56.6 Å². The van der Waals surface area contributed by atoms with Gasteiger partial charge in [0.25, 0.3) is 5.91 Å². The first-order valence-electron chi connectivity index (χ1n) is 10.5. The number of Topliss-reactive ketones (excluding diaryl/α,β-unsaturated/α-hetero) is 1. The SMILES string of the molecule is C[C@@]1(c2ccc(C#N)cc2)NC(=O)N(CC(=O)C23CC4CC(CC(C4)C2)C3)C1=O. The van der Waals surface area contributed by atoms with E-state index in [0.29, 0.717) is 28.9 Å². The first-order valence-corrected chi connectivity index (χ1v) is 10.5. The summed E-state index contributed by atoms with van der Waals surface area (Å²) in [7, 11) is 0. The summed E-state index contributed by atoms with van der Waals surface area (Å²) in [4.78, 5) is 40.3. The van der Waals surface area contributed by atoms with Crippen molar-refractivity contribution in [3.8, 4) is 6.07 Å². The van der Waals surface area contributed by atoms with Crippen LogP contribution in [0.5, 0.6) is 0 Å². The molecular formula is C23H25N3O3. The van der Waals surface area contributed by atoms with Gasteiger partial charge in [0.15, 0.2) is 5.78 Å². The Morgan fingerprint density at radius 2 is 1.66 bits per heavy atom. The summed E-state index contributed by atoms with van der Waals surface area (Å²) in [5.41, 5.74) is -0.446. The molecule has 150 valence electrons. The fourth-order valence-corrected chi connectivity index (χ4v) is 6.68. The van der Waals surface area contributed by atoms with E-state index in [1.807, 2.05) is 6.07 Å². The molecule has 0 unspecified atom stereocenters. The Hall–Kier alpha value is -2.68. The topological polar surface area (TPSA) is 90.3 Å². The molecule has 6 nitrogen and oxygen atoms in total. The van der Waals surface area contributed by atoms with E-state index in [4.69, 9.17) is 5.26 Å². The molecule has 1 saturated heterocycles. The summed E-state index contributed by atoms with van der Waals surface area (Å²) in [5, 5.41) is 11.7. The predicted octanol–water partition coefficient (Wildman–Crippen LogP) is 3.11. The number of rotatable bonds is 4. The number of nitrogens with one attached hydrogen (secondary N) is 1. The number of imide groups is 1. The van der Waals surface area contributed by atoms with Crippen LogP contribution in [-0.2, 0) is 15.1 Å². The fraction of sp³-hybridized carbons (Fsp3) is 0.565. The highest BCUT2D eigenvalue weighted by atomic mass is 16.2. The zero-order valence-electron chi connectivity index (χ0n) is 16.6. The third kappa shape index (κ3) is 2.71. The molecular weight excluding hydrogens is 366 g/mol. The molecule has 0 spiro atoms. The quantitative estimate of drug-likeness (QED) is 0.799. The summed E-state index contributed by atoms with van der Waals surface area (Å²) < 4.78 is 0. The van der Waals surface area contributed by atoms with E-state index in [-0.39, 0.29) is 17.7 Å².